The smallest absolute Gasteiger partial charge is 0.243 e. The molecule has 0 unspecified atom stereocenters. The predicted molar refractivity (Wildman–Crippen MR) is 122 cm³/mol. The third kappa shape index (κ3) is 6.49. The van der Waals surface area contributed by atoms with Crippen LogP contribution in [0.5, 0.6) is 5.75 Å². The summed E-state index contributed by atoms with van der Waals surface area (Å²) in [7, 11) is -3.63. The molecule has 0 radical (unpaired) electrons. The van der Waals surface area contributed by atoms with Crippen molar-refractivity contribution >= 4 is 21.6 Å². The van der Waals surface area contributed by atoms with Gasteiger partial charge < -0.3 is 10.1 Å². The third-order valence-electron chi connectivity index (χ3n) is 4.74. The molecule has 2 aromatic carbocycles. The Balaban J connectivity index is 2.02. The molecule has 0 bridgehead atoms. The van der Waals surface area contributed by atoms with Crippen LogP contribution in [0.25, 0.3) is 0 Å². The topological polar surface area (TPSA) is 75.7 Å². The van der Waals surface area contributed by atoms with Crippen LogP contribution in [0.4, 0.5) is 5.69 Å². The lowest BCUT2D eigenvalue weighted by atomic mass is 10.1. The van der Waals surface area contributed by atoms with Gasteiger partial charge in [-0.15, -0.1) is 0 Å². The summed E-state index contributed by atoms with van der Waals surface area (Å²) in [6, 6.07) is 12.5. The number of para-hydroxylation sites is 1. The largest absolute Gasteiger partial charge is 0.494 e. The maximum Gasteiger partial charge on any atom is 0.243 e. The van der Waals surface area contributed by atoms with E-state index in [2.05, 4.69) is 5.32 Å². The van der Waals surface area contributed by atoms with Crippen molar-refractivity contribution in [1.82, 2.24) is 5.32 Å². The van der Waals surface area contributed by atoms with E-state index in [1.165, 1.54) is 4.31 Å². The molecular weight excluding hydrogens is 400 g/mol. The summed E-state index contributed by atoms with van der Waals surface area (Å²) in [5, 5.41) is 2.87. The molecule has 0 heterocycles. The summed E-state index contributed by atoms with van der Waals surface area (Å²) >= 11 is 0. The number of rotatable bonds is 10. The molecule has 0 saturated heterocycles. The van der Waals surface area contributed by atoms with Crippen LogP contribution in [0.3, 0.4) is 0 Å². The molecule has 30 heavy (non-hydrogen) atoms. The Kier molecular flexibility index (Phi) is 8.29. The minimum Gasteiger partial charge on any atom is -0.494 e. The minimum atomic E-state index is -3.63. The second-order valence-corrected chi connectivity index (χ2v) is 9.38. The van der Waals surface area contributed by atoms with Gasteiger partial charge in [-0.3, -0.25) is 9.10 Å². The van der Waals surface area contributed by atoms with Gasteiger partial charge in [-0.25, -0.2) is 8.42 Å². The van der Waals surface area contributed by atoms with Crippen LogP contribution in [0.2, 0.25) is 0 Å². The molecule has 0 aliphatic rings. The highest BCUT2D eigenvalue weighted by molar-refractivity contribution is 7.92. The van der Waals surface area contributed by atoms with Crippen molar-refractivity contribution in [1.29, 1.82) is 0 Å². The van der Waals surface area contributed by atoms with Gasteiger partial charge in [0.05, 0.1) is 18.6 Å². The number of sulfonamides is 1. The van der Waals surface area contributed by atoms with E-state index in [4.69, 9.17) is 4.74 Å². The van der Waals surface area contributed by atoms with E-state index in [1.807, 2.05) is 51.1 Å². The molecule has 2 rings (SSSR count). The molecule has 7 heteroatoms. The standard InChI is InChI=1S/C23H32N2O4S/c1-6-29-22-12-8-7-10-20(22)11-9-13-24-23(26)19(4)25(30(5,27)28)21-15-17(2)14-18(3)16-21/h7-8,10,12,14-16,19H,6,9,11,13H2,1-5H3,(H,24,26)/t19-/m0/s1. The van der Waals surface area contributed by atoms with Gasteiger partial charge in [0.15, 0.2) is 0 Å². The molecule has 0 aliphatic heterocycles. The van der Waals surface area contributed by atoms with Crippen LogP contribution in [-0.2, 0) is 21.2 Å². The lowest BCUT2D eigenvalue weighted by Crippen LogP contribution is -2.48. The fraction of sp³-hybridized carbons (Fsp3) is 0.435. The number of carbonyl (C=O) groups excluding carboxylic acids is 1. The highest BCUT2D eigenvalue weighted by atomic mass is 32.2. The molecule has 0 aliphatic carbocycles. The SMILES string of the molecule is CCOc1ccccc1CCCNC(=O)[C@H](C)N(c1cc(C)cc(C)c1)S(C)(=O)=O. The summed E-state index contributed by atoms with van der Waals surface area (Å²) in [6.07, 6.45) is 2.61. The second kappa shape index (κ2) is 10.5. The molecule has 6 nitrogen and oxygen atoms in total. The molecule has 0 aromatic heterocycles. The highest BCUT2D eigenvalue weighted by Gasteiger charge is 2.29. The fourth-order valence-electron chi connectivity index (χ4n) is 3.53. The summed E-state index contributed by atoms with van der Waals surface area (Å²) < 4.78 is 31.7. The van der Waals surface area contributed by atoms with Crippen molar-refractivity contribution in [3.63, 3.8) is 0 Å². The number of benzene rings is 2. The highest BCUT2D eigenvalue weighted by Crippen LogP contribution is 2.24. The van der Waals surface area contributed by atoms with E-state index >= 15 is 0 Å². The number of aryl methyl sites for hydroxylation is 3. The van der Waals surface area contributed by atoms with Gasteiger partial charge in [-0.1, -0.05) is 24.3 Å². The zero-order chi connectivity index (χ0) is 22.3. The second-order valence-electron chi connectivity index (χ2n) is 7.52. The summed E-state index contributed by atoms with van der Waals surface area (Å²) in [5.41, 5.74) is 3.48. The number of carbonyl (C=O) groups is 1. The van der Waals surface area contributed by atoms with Crippen LogP contribution in [0, 0.1) is 13.8 Å². The normalized spacial score (nSPS) is 12.3. The van der Waals surface area contributed by atoms with Gasteiger partial charge in [0, 0.05) is 6.54 Å². The Morgan fingerprint density at radius 3 is 2.37 bits per heavy atom. The molecule has 1 atom stereocenters. The summed E-state index contributed by atoms with van der Waals surface area (Å²) in [6.45, 7) is 8.42. The van der Waals surface area contributed by atoms with E-state index in [0.29, 0.717) is 18.8 Å². The van der Waals surface area contributed by atoms with Crippen molar-refractivity contribution < 1.29 is 17.9 Å². The van der Waals surface area contributed by atoms with Gasteiger partial charge in [-0.2, -0.15) is 0 Å². The Morgan fingerprint density at radius 1 is 1.13 bits per heavy atom. The molecule has 1 N–H and O–H groups in total. The minimum absolute atomic E-state index is 0.322. The maximum absolute atomic E-state index is 12.7. The number of nitrogens with one attached hydrogen (secondary N) is 1. The van der Waals surface area contributed by atoms with Crippen LogP contribution in [-0.4, -0.2) is 39.8 Å². The average molecular weight is 433 g/mol. The first kappa shape index (κ1) is 23.7. The summed E-state index contributed by atoms with van der Waals surface area (Å²) in [4.78, 5) is 12.7. The first-order chi connectivity index (χ1) is 14.1. The predicted octanol–water partition coefficient (Wildman–Crippen LogP) is 3.61. The number of ether oxygens (including phenoxy) is 1. The molecule has 0 spiro atoms. The lowest BCUT2D eigenvalue weighted by Gasteiger charge is -2.28. The van der Waals surface area contributed by atoms with Crippen LogP contribution < -0.4 is 14.4 Å². The van der Waals surface area contributed by atoms with Crippen molar-refractivity contribution in [2.45, 2.75) is 46.6 Å². The van der Waals surface area contributed by atoms with Crippen molar-refractivity contribution in [3.05, 3.63) is 59.2 Å². The Labute approximate surface area is 180 Å². The van der Waals surface area contributed by atoms with Gasteiger partial charge in [0.1, 0.15) is 11.8 Å². The quantitative estimate of drug-likeness (QED) is 0.582. The van der Waals surface area contributed by atoms with Gasteiger partial charge in [0.25, 0.3) is 0 Å². The van der Waals surface area contributed by atoms with Crippen molar-refractivity contribution in [3.8, 4) is 5.75 Å². The number of amides is 1. The van der Waals surface area contributed by atoms with E-state index in [9.17, 15) is 13.2 Å². The molecule has 1 amide bonds. The van der Waals surface area contributed by atoms with Crippen LogP contribution >= 0.6 is 0 Å². The van der Waals surface area contributed by atoms with Crippen LogP contribution in [0.1, 0.15) is 37.0 Å². The summed E-state index contributed by atoms with van der Waals surface area (Å²) in [5.74, 6) is 0.537. The Morgan fingerprint density at radius 2 is 1.77 bits per heavy atom. The maximum atomic E-state index is 12.7. The van der Waals surface area contributed by atoms with Gasteiger partial charge in [0.2, 0.25) is 15.9 Å². The van der Waals surface area contributed by atoms with E-state index in [1.54, 1.807) is 19.1 Å². The van der Waals surface area contributed by atoms with Gasteiger partial charge >= 0.3 is 0 Å². The molecule has 0 saturated carbocycles. The van der Waals surface area contributed by atoms with E-state index < -0.39 is 16.1 Å². The Hall–Kier alpha value is -2.54. The van der Waals surface area contributed by atoms with Gasteiger partial charge in [-0.05, 0) is 75.4 Å². The molecule has 2 aromatic rings. The van der Waals surface area contributed by atoms with Crippen molar-refractivity contribution in [2.24, 2.45) is 0 Å². The molecule has 0 fully saturated rings. The number of anilines is 1. The van der Waals surface area contributed by atoms with E-state index in [0.717, 1.165) is 41.5 Å². The third-order valence-corrected chi connectivity index (χ3v) is 5.99. The van der Waals surface area contributed by atoms with Crippen LogP contribution in [0.15, 0.2) is 42.5 Å². The zero-order valence-corrected chi connectivity index (χ0v) is 19.3. The lowest BCUT2D eigenvalue weighted by molar-refractivity contribution is -0.121. The van der Waals surface area contributed by atoms with E-state index in [-0.39, 0.29) is 5.91 Å². The number of hydrogen-bond donors (Lipinski definition) is 1. The molecular formula is C23H32N2O4S. The molecule has 164 valence electrons. The zero-order valence-electron chi connectivity index (χ0n) is 18.4. The monoisotopic (exact) mass is 432 g/mol. The number of hydrogen-bond acceptors (Lipinski definition) is 4. The number of nitrogens with zero attached hydrogens (tertiary/aromatic N) is 1. The first-order valence-corrected chi connectivity index (χ1v) is 12.0. The average Bonchev–Trinajstić information content (AvgIpc) is 2.64. The first-order valence-electron chi connectivity index (χ1n) is 10.2. The Bertz CT molecular complexity index is 953. The van der Waals surface area contributed by atoms with Crippen molar-refractivity contribution in [2.75, 3.05) is 23.7 Å². The fourth-order valence-corrected chi connectivity index (χ4v) is 4.69.